The zero-order chi connectivity index (χ0) is 17.1. The summed E-state index contributed by atoms with van der Waals surface area (Å²) in [5, 5.41) is 0.920. The van der Waals surface area contributed by atoms with Crippen LogP contribution in [0.25, 0.3) is 33.1 Å². The van der Waals surface area contributed by atoms with Crippen molar-refractivity contribution in [3.63, 3.8) is 0 Å². The van der Waals surface area contributed by atoms with Crippen LogP contribution in [-0.4, -0.2) is 14.5 Å². The summed E-state index contributed by atoms with van der Waals surface area (Å²) in [5.41, 5.74) is 10.6. The predicted molar refractivity (Wildman–Crippen MR) is 96.4 cm³/mol. The number of aryl methyl sites for hydroxylation is 1. The average molecular weight is 332 g/mol. The van der Waals surface area contributed by atoms with Gasteiger partial charge in [-0.05, 0) is 49.1 Å². The molecule has 3 aromatic heterocycles. The Kier molecular flexibility index (Phi) is 2.80. The van der Waals surface area contributed by atoms with Gasteiger partial charge in [0.25, 0.3) is 5.56 Å². The third kappa shape index (κ3) is 2.00. The first kappa shape index (κ1) is 14.2. The molecular formula is C19H16N4O2. The molecule has 6 heteroatoms. The Bertz CT molecular complexity index is 1180. The van der Waals surface area contributed by atoms with E-state index >= 15 is 0 Å². The highest BCUT2D eigenvalue weighted by Crippen LogP contribution is 2.40. The predicted octanol–water partition coefficient (Wildman–Crippen LogP) is 3.43. The molecule has 25 heavy (non-hydrogen) atoms. The summed E-state index contributed by atoms with van der Waals surface area (Å²) in [7, 11) is 0. The molecule has 0 bridgehead atoms. The highest BCUT2D eigenvalue weighted by atomic mass is 16.3. The molecule has 1 aliphatic rings. The number of benzene rings is 1. The number of rotatable bonds is 2. The molecule has 0 spiro atoms. The minimum absolute atomic E-state index is 0.0746. The molecule has 1 saturated carbocycles. The monoisotopic (exact) mass is 332 g/mol. The van der Waals surface area contributed by atoms with Gasteiger partial charge in [-0.25, -0.2) is 9.97 Å². The van der Waals surface area contributed by atoms with Crippen molar-refractivity contribution in [1.82, 2.24) is 14.5 Å². The third-order valence-corrected chi connectivity index (χ3v) is 4.91. The van der Waals surface area contributed by atoms with Gasteiger partial charge in [-0.15, -0.1) is 0 Å². The maximum atomic E-state index is 12.9. The minimum atomic E-state index is -0.0746. The van der Waals surface area contributed by atoms with Gasteiger partial charge in [-0.1, -0.05) is 6.07 Å². The van der Waals surface area contributed by atoms with Gasteiger partial charge in [0.15, 0.2) is 17.5 Å². The Morgan fingerprint density at radius 2 is 2.04 bits per heavy atom. The number of oxazole rings is 1. The fraction of sp³-hybridized carbons (Fsp3) is 0.211. The highest BCUT2D eigenvalue weighted by molar-refractivity contribution is 6.04. The Morgan fingerprint density at radius 1 is 1.20 bits per heavy atom. The molecule has 4 aromatic rings. The molecule has 6 nitrogen and oxygen atoms in total. The largest absolute Gasteiger partial charge is 0.443 e. The van der Waals surface area contributed by atoms with Crippen LogP contribution in [0.5, 0.6) is 0 Å². The normalized spacial score (nSPS) is 14.4. The molecule has 0 saturated heterocycles. The molecule has 1 aliphatic carbocycles. The lowest BCUT2D eigenvalue weighted by atomic mass is 9.98. The molecule has 3 heterocycles. The molecule has 2 N–H and O–H groups in total. The summed E-state index contributed by atoms with van der Waals surface area (Å²) in [6.07, 6.45) is 5.14. The maximum Gasteiger partial charge on any atom is 0.281 e. The number of nitrogens with two attached hydrogens (primary N) is 1. The number of nitrogens with zero attached hydrogens (tertiary/aromatic N) is 3. The lowest BCUT2D eigenvalue weighted by Crippen LogP contribution is -2.20. The van der Waals surface area contributed by atoms with Crippen molar-refractivity contribution in [2.24, 2.45) is 0 Å². The van der Waals surface area contributed by atoms with Crippen LogP contribution in [0.1, 0.15) is 24.4 Å². The van der Waals surface area contributed by atoms with Crippen LogP contribution in [0, 0.1) is 6.92 Å². The van der Waals surface area contributed by atoms with Crippen LogP contribution in [0.3, 0.4) is 0 Å². The summed E-state index contributed by atoms with van der Waals surface area (Å²) < 4.78 is 7.42. The van der Waals surface area contributed by atoms with Crippen LogP contribution in [0.4, 0.5) is 5.82 Å². The van der Waals surface area contributed by atoms with Crippen LogP contribution in [0.2, 0.25) is 0 Å². The fourth-order valence-corrected chi connectivity index (χ4v) is 3.56. The van der Waals surface area contributed by atoms with E-state index in [1.165, 1.54) is 6.39 Å². The van der Waals surface area contributed by atoms with E-state index in [1.807, 2.05) is 29.7 Å². The van der Waals surface area contributed by atoms with Gasteiger partial charge in [-0.2, -0.15) is 0 Å². The number of hydrogen-bond acceptors (Lipinski definition) is 5. The van der Waals surface area contributed by atoms with E-state index in [0.717, 1.165) is 40.4 Å². The molecular weight excluding hydrogens is 316 g/mol. The van der Waals surface area contributed by atoms with Crippen molar-refractivity contribution >= 4 is 27.8 Å². The number of anilines is 1. The van der Waals surface area contributed by atoms with Crippen molar-refractivity contribution in [1.29, 1.82) is 0 Å². The lowest BCUT2D eigenvalue weighted by Gasteiger charge is -2.15. The lowest BCUT2D eigenvalue weighted by molar-refractivity contribution is 0.604. The highest BCUT2D eigenvalue weighted by Gasteiger charge is 2.29. The minimum Gasteiger partial charge on any atom is -0.443 e. The molecule has 5 rings (SSSR count). The summed E-state index contributed by atoms with van der Waals surface area (Å²) in [6, 6.07) is 8.01. The van der Waals surface area contributed by atoms with Crippen molar-refractivity contribution in [3.8, 4) is 11.1 Å². The van der Waals surface area contributed by atoms with Crippen molar-refractivity contribution < 1.29 is 4.42 Å². The number of nitrogen functional groups attached to an aromatic ring is 1. The van der Waals surface area contributed by atoms with E-state index in [0.29, 0.717) is 16.9 Å². The van der Waals surface area contributed by atoms with E-state index in [9.17, 15) is 4.79 Å². The molecule has 0 atom stereocenters. The van der Waals surface area contributed by atoms with Crippen molar-refractivity contribution in [2.45, 2.75) is 25.8 Å². The summed E-state index contributed by atoms with van der Waals surface area (Å²) >= 11 is 0. The number of aromatic nitrogens is 3. The van der Waals surface area contributed by atoms with Gasteiger partial charge < -0.3 is 14.7 Å². The first-order valence-electron chi connectivity index (χ1n) is 8.28. The first-order valence-corrected chi connectivity index (χ1v) is 8.28. The Labute approximate surface area is 142 Å². The second-order valence-electron chi connectivity index (χ2n) is 6.54. The van der Waals surface area contributed by atoms with E-state index in [1.54, 1.807) is 12.3 Å². The van der Waals surface area contributed by atoms with Gasteiger partial charge in [0.1, 0.15) is 5.82 Å². The van der Waals surface area contributed by atoms with E-state index in [-0.39, 0.29) is 11.6 Å². The molecule has 1 aromatic carbocycles. The number of hydrogen-bond donors (Lipinski definition) is 1. The molecule has 1 fully saturated rings. The summed E-state index contributed by atoms with van der Waals surface area (Å²) in [4.78, 5) is 21.3. The number of fused-ring (bicyclic) bond motifs is 3. The zero-order valence-electron chi connectivity index (χ0n) is 13.7. The SMILES string of the molecule is Cc1c(-c2ccc(N)nc2)ccc2c3ocnc3c(=O)n(C3CC3)c12. The molecule has 0 amide bonds. The molecule has 0 radical (unpaired) electrons. The number of pyridine rings is 2. The van der Waals surface area contributed by atoms with Gasteiger partial charge in [-0.3, -0.25) is 4.79 Å². The van der Waals surface area contributed by atoms with Crippen LogP contribution in [0.15, 0.2) is 46.1 Å². The molecule has 124 valence electrons. The zero-order valence-corrected chi connectivity index (χ0v) is 13.7. The van der Waals surface area contributed by atoms with Crippen LogP contribution in [-0.2, 0) is 0 Å². The average Bonchev–Trinajstić information content (AvgIpc) is 3.32. The summed E-state index contributed by atoms with van der Waals surface area (Å²) in [6.45, 7) is 2.04. The maximum absolute atomic E-state index is 12.9. The van der Waals surface area contributed by atoms with E-state index in [4.69, 9.17) is 10.2 Å². The van der Waals surface area contributed by atoms with E-state index < -0.39 is 0 Å². The van der Waals surface area contributed by atoms with Gasteiger partial charge in [0.2, 0.25) is 0 Å². The second-order valence-corrected chi connectivity index (χ2v) is 6.54. The second kappa shape index (κ2) is 4.92. The Morgan fingerprint density at radius 3 is 2.76 bits per heavy atom. The summed E-state index contributed by atoms with van der Waals surface area (Å²) in [5.74, 6) is 0.487. The van der Waals surface area contributed by atoms with Crippen molar-refractivity contribution in [3.05, 3.63) is 52.8 Å². The smallest absolute Gasteiger partial charge is 0.281 e. The standard InChI is InChI=1S/C19H16N4O2/c1-10-13(11-2-7-15(20)21-8-11)5-6-14-17(10)23(12-3-4-12)19(24)16-18(14)25-9-22-16/h2,5-9,12H,3-4H2,1H3,(H2,20,21). The van der Waals surface area contributed by atoms with Gasteiger partial charge >= 0.3 is 0 Å². The Hall–Kier alpha value is -3.15. The van der Waals surface area contributed by atoms with Gasteiger partial charge in [0, 0.05) is 23.2 Å². The fourth-order valence-electron chi connectivity index (χ4n) is 3.56. The van der Waals surface area contributed by atoms with Crippen LogP contribution >= 0.6 is 0 Å². The first-order chi connectivity index (χ1) is 12.1. The van der Waals surface area contributed by atoms with Crippen molar-refractivity contribution in [2.75, 3.05) is 5.73 Å². The van der Waals surface area contributed by atoms with Crippen LogP contribution < -0.4 is 11.3 Å². The molecule has 0 aliphatic heterocycles. The van der Waals surface area contributed by atoms with Gasteiger partial charge in [0.05, 0.1) is 5.52 Å². The third-order valence-electron chi connectivity index (χ3n) is 4.91. The van der Waals surface area contributed by atoms with E-state index in [2.05, 4.69) is 9.97 Å². The topological polar surface area (TPSA) is 86.9 Å². The Balaban J connectivity index is 1.91. The quantitative estimate of drug-likeness (QED) is 0.607. The molecule has 0 unspecified atom stereocenters.